The van der Waals surface area contributed by atoms with Crippen LogP contribution in [0.2, 0.25) is 0 Å². The van der Waals surface area contributed by atoms with Crippen LogP contribution in [0.5, 0.6) is 0 Å². The zero-order chi connectivity index (χ0) is 27.0. The van der Waals surface area contributed by atoms with E-state index in [0.717, 1.165) is 28.1 Å². The molecule has 0 radical (unpaired) electrons. The summed E-state index contributed by atoms with van der Waals surface area (Å²) in [6.07, 6.45) is 0.0499. The molecule has 2 atom stereocenters. The van der Waals surface area contributed by atoms with E-state index in [-0.39, 0.29) is 29.8 Å². The number of halogens is 1. The zero-order valence-corrected chi connectivity index (χ0v) is 22.2. The molecule has 1 aliphatic heterocycles. The molecule has 1 aromatic heterocycles. The van der Waals surface area contributed by atoms with Gasteiger partial charge in [-0.25, -0.2) is 9.07 Å². The van der Waals surface area contributed by atoms with Gasteiger partial charge in [0.25, 0.3) is 0 Å². The van der Waals surface area contributed by atoms with Crippen LogP contribution in [0, 0.1) is 18.7 Å². The molecule has 4 aromatic rings. The largest absolute Gasteiger partial charge is 0.296 e. The second kappa shape index (κ2) is 10.4. The maximum Gasteiger partial charge on any atom is 0.232 e. The molecule has 38 heavy (non-hydrogen) atoms. The van der Waals surface area contributed by atoms with Gasteiger partial charge in [0.05, 0.1) is 17.3 Å². The second-order valence-corrected chi connectivity index (χ2v) is 10.2. The smallest absolute Gasteiger partial charge is 0.232 e. The van der Waals surface area contributed by atoms with Crippen molar-refractivity contribution in [1.82, 2.24) is 9.78 Å². The maximum atomic E-state index is 14.2. The average Bonchev–Trinajstić information content (AvgIpc) is 3.26. The molecule has 2 heterocycles. The first-order valence-electron chi connectivity index (χ1n) is 13.1. The molecule has 0 spiro atoms. The van der Waals surface area contributed by atoms with E-state index in [4.69, 9.17) is 5.10 Å². The number of hydrogen-bond acceptors (Lipinski definition) is 3. The summed E-state index contributed by atoms with van der Waals surface area (Å²) in [5, 5.41) is 4.85. The van der Waals surface area contributed by atoms with Gasteiger partial charge in [-0.2, -0.15) is 5.10 Å². The van der Waals surface area contributed by atoms with Gasteiger partial charge in [0.2, 0.25) is 5.91 Å². The fourth-order valence-corrected chi connectivity index (χ4v) is 5.52. The van der Waals surface area contributed by atoms with Gasteiger partial charge in [0.15, 0.2) is 5.78 Å². The van der Waals surface area contributed by atoms with Gasteiger partial charge in [-0.05, 0) is 61.2 Å². The number of aryl methyl sites for hydroxylation is 1. The number of carbonyl (C=O) groups is 2. The van der Waals surface area contributed by atoms with Crippen molar-refractivity contribution >= 4 is 17.5 Å². The molecule has 194 valence electrons. The van der Waals surface area contributed by atoms with Crippen LogP contribution >= 0.6 is 0 Å². The molecule has 0 saturated heterocycles. The quantitative estimate of drug-likeness (QED) is 0.257. The highest BCUT2D eigenvalue weighted by molar-refractivity contribution is 6.04. The van der Waals surface area contributed by atoms with Crippen molar-refractivity contribution in [3.8, 4) is 5.69 Å². The first-order chi connectivity index (χ1) is 18.3. The summed E-state index contributed by atoms with van der Waals surface area (Å²) in [6.45, 7) is 8.48. The summed E-state index contributed by atoms with van der Waals surface area (Å²) in [5.41, 5.74) is 5.01. The van der Waals surface area contributed by atoms with E-state index in [1.54, 1.807) is 17.0 Å². The number of ketones is 1. The van der Waals surface area contributed by atoms with E-state index in [2.05, 4.69) is 13.8 Å². The Hall–Kier alpha value is -4.06. The molecular weight excluding hydrogens is 477 g/mol. The lowest BCUT2D eigenvalue weighted by Crippen LogP contribution is -2.45. The Morgan fingerprint density at radius 3 is 2.37 bits per heavy atom. The van der Waals surface area contributed by atoms with Gasteiger partial charge in [0.1, 0.15) is 11.6 Å². The summed E-state index contributed by atoms with van der Waals surface area (Å²) < 4.78 is 15.7. The Kier molecular flexibility index (Phi) is 6.98. The van der Waals surface area contributed by atoms with Crippen molar-refractivity contribution in [2.45, 2.75) is 46.0 Å². The summed E-state index contributed by atoms with van der Waals surface area (Å²) in [6, 6.07) is 23.6. The molecule has 5 rings (SSSR count). The van der Waals surface area contributed by atoms with Crippen molar-refractivity contribution in [3.63, 3.8) is 0 Å². The Balaban J connectivity index is 1.65. The number of nitrogens with zero attached hydrogens (tertiary/aromatic N) is 3. The highest BCUT2D eigenvalue weighted by Crippen LogP contribution is 2.47. The van der Waals surface area contributed by atoms with Crippen molar-refractivity contribution in [2.75, 3.05) is 11.4 Å². The third-order valence-corrected chi connectivity index (χ3v) is 7.46. The lowest BCUT2D eigenvalue weighted by atomic mass is 9.74. The topological polar surface area (TPSA) is 55.2 Å². The number of rotatable bonds is 7. The average molecular weight is 510 g/mol. The van der Waals surface area contributed by atoms with Crippen molar-refractivity contribution < 1.29 is 14.0 Å². The minimum Gasteiger partial charge on any atom is -0.296 e. The molecule has 3 aromatic carbocycles. The van der Waals surface area contributed by atoms with Gasteiger partial charge in [0, 0.05) is 30.0 Å². The van der Waals surface area contributed by atoms with Crippen LogP contribution in [0.1, 0.15) is 71.8 Å². The van der Waals surface area contributed by atoms with Gasteiger partial charge >= 0.3 is 0 Å². The minimum atomic E-state index is -0.643. The monoisotopic (exact) mass is 509 g/mol. The van der Waals surface area contributed by atoms with Gasteiger partial charge < -0.3 is 0 Å². The van der Waals surface area contributed by atoms with Gasteiger partial charge in [-0.3, -0.25) is 14.5 Å². The molecule has 0 bridgehead atoms. The van der Waals surface area contributed by atoms with Crippen LogP contribution in [-0.2, 0) is 4.79 Å². The fourth-order valence-electron chi connectivity index (χ4n) is 5.52. The SMILES string of the molecule is CCN1C(=O)[C@@H](CC(=O)c2cccc(C(C)C)c2)[C@@H](c2ccc(F)cc2)c2c(C)nn(-c3ccccc3)c21. The Morgan fingerprint density at radius 2 is 1.71 bits per heavy atom. The molecule has 0 unspecified atom stereocenters. The third kappa shape index (κ3) is 4.55. The Morgan fingerprint density at radius 1 is 1.00 bits per heavy atom. The summed E-state index contributed by atoms with van der Waals surface area (Å²) in [5.74, 6) is -0.631. The highest BCUT2D eigenvalue weighted by Gasteiger charge is 2.45. The Labute approximate surface area is 222 Å². The molecular formula is C32H32FN3O2. The van der Waals surface area contributed by atoms with Gasteiger partial charge in [-0.15, -0.1) is 0 Å². The second-order valence-electron chi connectivity index (χ2n) is 10.2. The van der Waals surface area contributed by atoms with Crippen molar-refractivity contribution in [1.29, 1.82) is 0 Å². The maximum absolute atomic E-state index is 14.2. The highest BCUT2D eigenvalue weighted by atomic mass is 19.1. The molecule has 1 aliphatic rings. The number of anilines is 1. The van der Waals surface area contributed by atoms with Crippen LogP contribution in [0.3, 0.4) is 0 Å². The van der Waals surface area contributed by atoms with E-state index in [0.29, 0.717) is 17.9 Å². The van der Waals surface area contributed by atoms with Gasteiger partial charge in [-0.1, -0.05) is 62.4 Å². The molecule has 1 amide bonds. The number of fused-ring (bicyclic) bond motifs is 1. The molecule has 6 heteroatoms. The first-order valence-corrected chi connectivity index (χ1v) is 13.1. The van der Waals surface area contributed by atoms with Crippen LogP contribution < -0.4 is 4.90 Å². The number of Topliss-reactive ketones (excluding diaryl/α,β-unsaturated/α-hetero) is 1. The van der Waals surface area contributed by atoms with Crippen molar-refractivity contribution in [2.24, 2.45) is 5.92 Å². The van der Waals surface area contributed by atoms with E-state index in [1.807, 2.05) is 73.1 Å². The number of hydrogen-bond donors (Lipinski definition) is 0. The van der Waals surface area contributed by atoms with E-state index in [1.165, 1.54) is 12.1 Å². The van der Waals surface area contributed by atoms with E-state index in [9.17, 15) is 14.0 Å². The van der Waals surface area contributed by atoms with Crippen LogP contribution in [-0.4, -0.2) is 28.0 Å². The number of amides is 1. The molecule has 0 N–H and O–H groups in total. The fraction of sp³-hybridized carbons (Fsp3) is 0.281. The molecule has 0 aliphatic carbocycles. The Bertz CT molecular complexity index is 1470. The first kappa shape index (κ1) is 25.6. The van der Waals surface area contributed by atoms with Crippen LogP contribution in [0.15, 0.2) is 78.9 Å². The van der Waals surface area contributed by atoms with E-state index >= 15 is 0 Å². The summed E-state index contributed by atoms with van der Waals surface area (Å²) in [7, 11) is 0. The summed E-state index contributed by atoms with van der Waals surface area (Å²) >= 11 is 0. The minimum absolute atomic E-state index is 0.0499. The zero-order valence-electron chi connectivity index (χ0n) is 22.2. The summed E-state index contributed by atoms with van der Waals surface area (Å²) in [4.78, 5) is 29.5. The van der Waals surface area contributed by atoms with Crippen LogP contribution in [0.4, 0.5) is 10.2 Å². The molecule has 0 saturated carbocycles. The molecule has 0 fully saturated rings. The number of carbonyl (C=O) groups excluding carboxylic acids is 2. The number of benzene rings is 3. The number of para-hydroxylation sites is 1. The number of aromatic nitrogens is 2. The standard InChI is InChI=1S/C32H32FN3O2/c1-5-35-31-29(21(4)34-36(31)26-12-7-6-8-13-26)30(22-14-16-25(33)17-15-22)27(32(35)38)19-28(37)24-11-9-10-23(18-24)20(2)3/h6-18,20,27,30H,5,19H2,1-4H3/t27-,30+/m0/s1. The normalized spacial score (nSPS) is 17.1. The third-order valence-electron chi connectivity index (χ3n) is 7.46. The van der Waals surface area contributed by atoms with Crippen molar-refractivity contribution in [3.05, 3.63) is 113 Å². The predicted molar refractivity (Wildman–Crippen MR) is 148 cm³/mol. The van der Waals surface area contributed by atoms with E-state index < -0.39 is 11.8 Å². The lowest BCUT2D eigenvalue weighted by molar-refractivity contribution is -0.123. The predicted octanol–water partition coefficient (Wildman–Crippen LogP) is 6.83. The van der Waals surface area contributed by atoms with Crippen LogP contribution in [0.25, 0.3) is 5.69 Å². The lowest BCUT2D eigenvalue weighted by Gasteiger charge is -2.38. The molecule has 5 nitrogen and oxygen atoms in total.